The molecule has 0 aliphatic carbocycles. The molecule has 2 aromatic heterocycles. The molecule has 28 heavy (non-hydrogen) atoms. The summed E-state index contributed by atoms with van der Waals surface area (Å²) in [5, 5.41) is 1.94. The maximum absolute atomic E-state index is 14.1. The first-order valence-electron chi connectivity index (χ1n) is 8.04. The Morgan fingerprint density at radius 3 is 2.79 bits per heavy atom. The number of nitrogens with zero attached hydrogens (tertiary/aromatic N) is 2. The maximum atomic E-state index is 14.1. The number of anilines is 2. The summed E-state index contributed by atoms with van der Waals surface area (Å²) in [6.07, 6.45) is 2.72. The highest BCUT2D eigenvalue weighted by atomic mass is 79.9. The lowest BCUT2D eigenvalue weighted by Gasteiger charge is -2.18. The van der Waals surface area contributed by atoms with Crippen molar-refractivity contribution in [1.29, 1.82) is 0 Å². The van der Waals surface area contributed by atoms with E-state index in [1.54, 1.807) is 29.6 Å². The topological polar surface area (TPSA) is 72.6 Å². The second-order valence-corrected chi connectivity index (χ2v) is 7.13. The molecule has 0 saturated heterocycles. The van der Waals surface area contributed by atoms with Crippen LogP contribution in [0.15, 0.2) is 56.9 Å². The Morgan fingerprint density at radius 1 is 1.32 bits per heavy atom. The van der Waals surface area contributed by atoms with Gasteiger partial charge in [-0.1, -0.05) is 12.1 Å². The van der Waals surface area contributed by atoms with Gasteiger partial charge in [0.1, 0.15) is 18.2 Å². The largest absolute Gasteiger partial charge is 0.456 e. The van der Waals surface area contributed by atoms with E-state index in [2.05, 4.69) is 20.9 Å². The molecule has 0 N–H and O–H groups in total. The number of para-hydroxylation sites is 1. The molecular formula is C19H14BrFN2O4S. The van der Waals surface area contributed by atoms with Crippen molar-refractivity contribution in [3.8, 4) is 0 Å². The van der Waals surface area contributed by atoms with Gasteiger partial charge in [-0.05, 0) is 46.3 Å². The molecule has 6 nitrogen and oxygen atoms in total. The van der Waals surface area contributed by atoms with E-state index in [-0.39, 0.29) is 18.2 Å². The van der Waals surface area contributed by atoms with Crippen LogP contribution >= 0.6 is 27.3 Å². The number of halogens is 2. The molecule has 144 valence electrons. The first-order valence-corrected chi connectivity index (χ1v) is 9.71. The number of rotatable bonds is 6. The van der Waals surface area contributed by atoms with Crippen LogP contribution in [0.3, 0.4) is 0 Å². The number of aromatic nitrogens is 1. The fourth-order valence-corrected chi connectivity index (χ4v) is 3.45. The van der Waals surface area contributed by atoms with Crippen LogP contribution in [0.5, 0.6) is 0 Å². The van der Waals surface area contributed by atoms with E-state index in [1.807, 2.05) is 0 Å². The predicted molar refractivity (Wildman–Crippen MR) is 107 cm³/mol. The fourth-order valence-electron chi connectivity index (χ4n) is 2.27. The zero-order chi connectivity index (χ0) is 20.1. The summed E-state index contributed by atoms with van der Waals surface area (Å²) in [4.78, 5) is 29.3. The summed E-state index contributed by atoms with van der Waals surface area (Å²) >= 11 is 4.32. The van der Waals surface area contributed by atoms with Crippen molar-refractivity contribution < 1.29 is 23.1 Å². The van der Waals surface area contributed by atoms with Crippen molar-refractivity contribution in [3.05, 3.63) is 69.8 Å². The number of esters is 1. The highest BCUT2D eigenvalue weighted by Gasteiger charge is 2.21. The van der Waals surface area contributed by atoms with Crippen LogP contribution in [-0.4, -0.2) is 16.9 Å². The van der Waals surface area contributed by atoms with Gasteiger partial charge in [-0.3, -0.25) is 9.69 Å². The Labute approximate surface area is 172 Å². The summed E-state index contributed by atoms with van der Waals surface area (Å²) in [5.41, 5.74) is 0.561. The van der Waals surface area contributed by atoms with Gasteiger partial charge in [-0.2, -0.15) is 0 Å². The Balaban J connectivity index is 1.66. The number of furan rings is 1. The van der Waals surface area contributed by atoms with Crippen molar-refractivity contribution in [1.82, 2.24) is 4.98 Å². The molecule has 0 fully saturated rings. The Bertz CT molecular complexity index is 1030. The van der Waals surface area contributed by atoms with Gasteiger partial charge >= 0.3 is 5.97 Å². The van der Waals surface area contributed by atoms with Crippen molar-refractivity contribution in [2.45, 2.75) is 13.5 Å². The molecule has 1 amide bonds. The highest BCUT2D eigenvalue weighted by molar-refractivity contribution is 9.10. The quantitative estimate of drug-likeness (QED) is 0.375. The number of carbonyl (C=O) groups excluding carboxylic acids is 2. The molecule has 3 aromatic rings. The second-order valence-electron chi connectivity index (χ2n) is 5.51. The third kappa shape index (κ3) is 4.93. The number of amides is 1. The summed E-state index contributed by atoms with van der Waals surface area (Å²) in [7, 11) is 0. The van der Waals surface area contributed by atoms with E-state index in [0.29, 0.717) is 21.3 Å². The van der Waals surface area contributed by atoms with Crippen LogP contribution < -0.4 is 4.90 Å². The highest BCUT2D eigenvalue weighted by Crippen LogP contribution is 2.30. The zero-order valence-electron chi connectivity index (χ0n) is 14.6. The van der Waals surface area contributed by atoms with Gasteiger partial charge in [0.25, 0.3) is 0 Å². The molecule has 2 heterocycles. The van der Waals surface area contributed by atoms with Gasteiger partial charge in [-0.25, -0.2) is 14.2 Å². The molecule has 0 bridgehead atoms. The van der Waals surface area contributed by atoms with E-state index < -0.39 is 11.8 Å². The van der Waals surface area contributed by atoms with E-state index in [9.17, 15) is 14.0 Å². The molecule has 0 radical (unpaired) electrons. The van der Waals surface area contributed by atoms with E-state index in [0.717, 1.165) is 11.3 Å². The average molecular weight is 465 g/mol. The molecule has 0 atom stereocenters. The van der Waals surface area contributed by atoms with Gasteiger partial charge in [0.05, 0.1) is 11.4 Å². The fraction of sp³-hybridized carbons (Fsp3) is 0.105. The van der Waals surface area contributed by atoms with Gasteiger partial charge in [0.2, 0.25) is 5.91 Å². The lowest BCUT2D eigenvalue weighted by Crippen LogP contribution is -2.23. The number of carbonyl (C=O) groups is 2. The van der Waals surface area contributed by atoms with Crippen LogP contribution in [-0.2, 0) is 20.9 Å². The average Bonchev–Trinajstić information content (AvgIpc) is 3.29. The number of ether oxygens (including phenoxy) is 1. The lowest BCUT2D eigenvalue weighted by atomic mass is 10.3. The van der Waals surface area contributed by atoms with Gasteiger partial charge in [0, 0.05) is 18.4 Å². The summed E-state index contributed by atoms with van der Waals surface area (Å²) in [5.74, 6) is -0.979. The standard InChI is InChI=1S/C19H14BrFN2O4S/c1-12(24)23(16-5-3-2-4-15(16)21)19-22-13(11-28-19)10-26-18(25)9-7-14-6-8-17(20)27-14/h2-9,11H,10H2,1H3/b9-7+. The SMILES string of the molecule is CC(=O)N(c1nc(COC(=O)/C=C/c2ccc(Br)o2)cs1)c1ccccc1F. The summed E-state index contributed by atoms with van der Waals surface area (Å²) in [6, 6.07) is 9.34. The second kappa shape index (κ2) is 8.94. The van der Waals surface area contributed by atoms with Gasteiger partial charge in [0.15, 0.2) is 9.80 Å². The van der Waals surface area contributed by atoms with E-state index in [1.165, 1.54) is 36.1 Å². The molecular weight excluding hydrogens is 451 g/mol. The van der Waals surface area contributed by atoms with Crippen LogP contribution in [0.1, 0.15) is 18.4 Å². The molecule has 3 rings (SSSR count). The molecule has 0 unspecified atom stereocenters. The minimum Gasteiger partial charge on any atom is -0.456 e. The van der Waals surface area contributed by atoms with Crippen molar-refractivity contribution in [3.63, 3.8) is 0 Å². The van der Waals surface area contributed by atoms with Gasteiger partial charge < -0.3 is 9.15 Å². The van der Waals surface area contributed by atoms with Crippen LogP contribution in [0.4, 0.5) is 15.2 Å². The molecule has 0 spiro atoms. The minimum atomic E-state index is -0.570. The van der Waals surface area contributed by atoms with Crippen LogP contribution in [0, 0.1) is 5.82 Å². The summed E-state index contributed by atoms with van der Waals surface area (Å²) in [6.45, 7) is 1.25. The monoisotopic (exact) mass is 464 g/mol. The normalized spacial score (nSPS) is 11.0. The van der Waals surface area contributed by atoms with Crippen molar-refractivity contribution >= 4 is 56.0 Å². The smallest absolute Gasteiger partial charge is 0.331 e. The number of thiazole rings is 1. The number of benzene rings is 1. The molecule has 0 aliphatic rings. The van der Waals surface area contributed by atoms with Crippen LogP contribution in [0.25, 0.3) is 6.08 Å². The van der Waals surface area contributed by atoms with Crippen molar-refractivity contribution in [2.24, 2.45) is 0 Å². The molecule has 0 saturated carbocycles. The maximum Gasteiger partial charge on any atom is 0.331 e. The molecule has 0 aliphatic heterocycles. The lowest BCUT2D eigenvalue weighted by molar-refractivity contribution is -0.139. The number of hydrogen-bond acceptors (Lipinski definition) is 6. The van der Waals surface area contributed by atoms with E-state index >= 15 is 0 Å². The third-order valence-corrected chi connectivity index (χ3v) is 4.78. The Kier molecular flexibility index (Phi) is 6.37. The summed E-state index contributed by atoms with van der Waals surface area (Å²) < 4.78 is 25.0. The first-order chi connectivity index (χ1) is 13.4. The Hall–Kier alpha value is -2.78. The Morgan fingerprint density at radius 2 is 2.11 bits per heavy atom. The zero-order valence-corrected chi connectivity index (χ0v) is 17.0. The van der Waals surface area contributed by atoms with Crippen LogP contribution in [0.2, 0.25) is 0 Å². The minimum absolute atomic E-state index is 0.0788. The van der Waals surface area contributed by atoms with Crippen molar-refractivity contribution in [2.75, 3.05) is 4.90 Å². The first kappa shape index (κ1) is 20.0. The van der Waals surface area contributed by atoms with E-state index in [4.69, 9.17) is 9.15 Å². The van der Waals surface area contributed by atoms with Gasteiger partial charge in [-0.15, -0.1) is 11.3 Å². The molecule has 9 heteroatoms. The number of hydrogen-bond donors (Lipinski definition) is 0. The molecule has 1 aromatic carbocycles. The predicted octanol–water partition coefficient (Wildman–Crippen LogP) is 5.08. The third-order valence-electron chi connectivity index (χ3n) is 3.48.